The van der Waals surface area contributed by atoms with Gasteiger partial charge in [-0.25, -0.2) is 4.98 Å². The molecule has 1 N–H and O–H groups in total. The van der Waals surface area contributed by atoms with E-state index in [1.165, 1.54) is 21.7 Å². The van der Waals surface area contributed by atoms with Crippen molar-refractivity contribution in [2.24, 2.45) is 0 Å². The summed E-state index contributed by atoms with van der Waals surface area (Å²) < 4.78 is 0. The number of anilines is 1. The summed E-state index contributed by atoms with van der Waals surface area (Å²) >= 11 is 0. The van der Waals surface area contributed by atoms with E-state index in [0.29, 0.717) is 0 Å². The Labute approximate surface area is 193 Å². The molecular weight excluding hydrogens is 388 g/mol. The summed E-state index contributed by atoms with van der Waals surface area (Å²) in [6, 6.07) is 35.9. The van der Waals surface area contributed by atoms with Crippen molar-refractivity contribution in [1.82, 2.24) is 4.98 Å². The molecule has 0 fully saturated rings. The van der Waals surface area contributed by atoms with E-state index < -0.39 is 0 Å². The number of aromatic nitrogens is 1. The van der Waals surface area contributed by atoms with Gasteiger partial charge in [-0.2, -0.15) is 0 Å². The Balaban J connectivity index is 0.000000733. The summed E-state index contributed by atoms with van der Waals surface area (Å²) in [5.74, 6) is 0. The SMILES string of the molecule is CC.CC.[HH].c1ccc2nc(-c3ccc(NCc4cccc5ccccc45)cc3)ccc2c1. The van der Waals surface area contributed by atoms with Crippen LogP contribution in [0, 0.1) is 0 Å². The zero-order valence-corrected chi connectivity index (χ0v) is 19.5. The number of para-hydroxylation sites is 1. The Morgan fingerprint density at radius 3 is 2.06 bits per heavy atom. The van der Waals surface area contributed by atoms with Crippen LogP contribution in [0.2, 0.25) is 0 Å². The van der Waals surface area contributed by atoms with Crippen molar-refractivity contribution in [2.45, 2.75) is 34.2 Å². The third kappa shape index (κ3) is 5.33. The average molecular weight is 423 g/mol. The monoisotopic (exact) mass is 422 g/mol. The molecule has 4 aromatic carbocycles. The van der Waals surface area contributed by atoms with Gasteiger partial charge in [0.25, 0.3) is 0 Å². The number of nitrogens with zero attached hydrogens (tertiary/aromatic N) is 1. The molecule has 0 amide bonds. The molecule has 5 rings (SSSR count). The number of rotatable bonds is 4. The van der Waals surface area contributed by atoms with Crippen molar-refractivity contribution < 1.29 is 1.43 Å². The van der Waals surface area contributed by atoms with Gasteiger partial charge < -0.3 is 5.32 Å². The van der Waals surface area contributed by atoms with Crippen LogP contribution >= 0.6 is 0 Å². The Hall–Kier alpha value is -3.65. The Bertz CT molecular complexity index is 1260. The van der Waals surface area contributed by atoms with E-state index in [1.54, 1.807) is 0 Å². The molecule has 1 heterocycles. The molecule has 0 aliphatic carbocycles. The molecule has 2 heteroatoms. The second-order valence-electron chi connectivity index (χ2n) is 6.96. The number of nitrogens with one attached hydrogen (secondary N) is 1. The lowest BCUT2D eigenvalue weighted by atomic mass is 10.0. The van der Waals surface area contributed by atoms with Crippen LogP contribution in [0.3, 0.4) is 0 Å². The fourth-order valence-electron chi connectivity index (χ4n) is 3.63. The highest BCUT2D eigenvalue weighted by atomic mass is 14.9. The maximum atomic E-state index is 4.78. The molecule has 32 heavy (non-hydrogen) atoms. The third-order valence-corrected chi connectivity index (χ3v) is 5.14. The molecule has 1 aromatic heterocycles. The number of hydrogen-bond donors (Lipinski definition) is 1. The second-order valence-corrected chi connectivity index (χ2v) is 6.96. The molecule has 0 spiro atoms. The van der Waals surface area contributed by atoms with Crippen LogP contribution < -0.4 is 5.32 Å². The minimum Gasteiger partial charge on any atom is -0.381 e. The van der Waals surface area contributed by atoms with Crippen LogP contribution in [0.5, 0.6) is 0 Å². The normalized spacial score (nSPS) is 10.0. The van der Waals surface area contributed by atoms with Crippen molar-refractivity contribution in [3.63, 3.8) is 0 Å². The fourth-order valence-corrected chi connectivity index (χ4v) is 3.63. The van der Waals surface area contributed by atoms with Crippen LogP contribution in [0.25, 0.3) is 32.9 Å². The molecule has 0 aliphatic rings. The van der Waals surface area contributed by atoms with Gasteiger partial charge in [-0.1, -0.05) is 107 Å². The summed E-state index contributed by atoms with van der Waals surface area (Å²) in [5.41, 5.74) is 5.56. The van der Waals surface area contributed by atoms with E-state index in [-0.39, 0.29) is 1.43 Å². The molecular formula is C30H34N2. The van der Waals surface area contributed by atoms with Gasteiger partial charge in [0, 0.05) is 24.6 Å². The van der Waals surface area contributed by atoms with Crippen molar-refractivity contribution in [2.75, 3.05) is 5.32 Å². The van der Waals surface area contributed by atoms with Crippen LogP contribution in [0.15, 0.2) is 103 Å². The predicted molar refractivity (Wildman–Crippen MR) is 143 cm³/mol. The van der Waals surface area contributed by atoms with Crippen molar-refractivity contribution >= 4 is 27.4 Å². The predicted octanol–water partition coefficient (Wildman–Crippen LogP) is 8.97. The Morgan fingerprint density at radius 1 is 0.625 bits per heavy atom. The Morgan fingerprint density at radius 2 is 1.28 bits per heavy atom. The Kier molecular flexibility index (Phi) is 8.39. The molecule has 164 valence electrons. The van der Waals surface area contributed by atoms with Crippen molar-refractivity contribution in [3.8, 4) is 11.3 Å². The highest BCUT2D eigenvalue weighted by molar-refractivity contribution is 5.86. The van der Waals surface area contributed by atoms with Gasteiger partial charge in [0.1, 0.15) is 0 Å². The van der Waals surface area contributed by atoms with E-state index in [2.05, 4.69) is 96.3 Å². The fraction of sp³-hybridized carbons (Fsp3) is 0.167. The van der Waals surface area contributed by atoms with Gasteiger partial charge in [-0.3, -0.25) is 0 Å². The van der Waals surface area contributed by atoms with E-state index in [1.807, 2.05) is 39.8 Å². The van der Waals surface area contributed by atoms with Crippen LogP contribution in [-0.4, -0.2) is 4.98 Å². The summed E-state index contributed by atoms with van der Waals surface area (Å²) in [5, 5.41) is 7.29. The van der Waals surface area contributed by atoms with Crippen molar-refractivity contribution in [1.29, 1.82) is 0 Å². The number of fused-ring (bicyclic) bond motifs is 2. The maximum absolute atomic E-state index is 4.78. The minimum atomic E-state index is 0. The van der Waals surface area contributed by atoms with Crippen LogP contribution in [0.1, 0.15) is 34.7 Å². The van der Waals surface area contributed by atoms with Crippen LogP contribution in [0.4, 0.5) is 5.69 Å². The summed E-state index contributed by atoms with van der Waals surface area (Å²) in [6.45, 7) is 8.80. The van der Waals surface area contributed by atoms with E-state index >= 15 is 0 Å². The lowest BCUT2D eigenvalue weighted by Gasteiger charge is -2.10. The van der Waals surface area contributed by atoms with Gasteiger partial charge in [0.15, 0.2) is 0 Å². The standard InChI is InChI=1S/C26H20N2.2C2H6.H2/c1-3-10-24-19(6-1)8-5-9-22(24)18-27-23-15-12-21(13-16-23)26-17-14-20-7-2-4-11-25(20)28-26;2*1-2;/h1-17,27H,18H2;2*1-2H3;1H. The van der Waals surface area contributed by atoms with E-state index in [9.17, 15) is 0 Å². The average Bonchev–Trinajstić information content (AvgIpc) is 2.90. The van der Waals surface area contributed by atoms with Crippen molar-refractivity contribution in [3.05, 3.63) is 109 Å². The first-order chi connectivity index (χ1) is 15.9. The second kappa shape index (κ2) is 11.7. The molecule has 0 unspecified atom stereocenters. The first-order valence-electron chi connectivity index (χ1n) is 11.5. The van der Waals surface area contributed by atoms with Gasteiger partial charge in [-0.05, 0) is 40.6 Å². The third-order valence-electron chi connectivity index (χ3n) is 5.14. The largest absolute Gasteiger partial charge is 0.381 e. The smallest absolute Gasteiger partial charge is 0.0709 e. The molecule has 0 bridgehead atoms. The first kappa shape index (κ1) is 23.0. The number of benzene rings is 4. The lowest BCUT2D eigenvalue weighted by molar-refractivity contribution is 1.17. The molecule has 0 saturated carbocycles. The van der Waals surface area contributed by atoms with E-state index in [0.717, 1.165) is 29.0 Å². The highest BCUT2D eigenvalue weighted by Crippen LogP contribution is 2.24. The summed E-state index contributed by atoms with van der Waals surface area (Å²) in [7, 11) is 0. The molecule has 5 aromatic rings. The molecule has 0 aliphatic heterocycles. The van der Waals surface area contributed by atoms with Gasteiger partial charge in [0.05, 0.1) is 11.2 Å². The maximum Gasteiger partial charge on any atom is 0.0709 e. The molecule has 0 saturated heterocycles. The molecule has 0 atom stereocenters. The van der Waals surface area contributed by atoms with Gasteiger partial charge in [-0.15, -0.1) is 0 Å². The van der Waals surface area contributed by atoms with Gasteiger partial charge >= 0.3 is 0 Å². The number of hydrogen-bond acceptors (Lipinski definition) is 2. The first-order valence-corrected chi connectivity index (χ1v) is 11.5. The molecule has 2 nitrogen and oxygen atoms in total. The zero-order valence-electron chi connectivity index (χ0n) is 19.5. The van der Waals surface area contributed by atoms with Crippen LogP contribution in [-0.2, 0) is 6.54 Å². The van der Waals surface area contributed by atoms with Gasteiger partial charge in [0.2, 0.25) is 0 Å². The summed E-state index contributed by atoms with van der Waals surface area (Å²) in [6.07, 6.45) is 0. The topological polar surface area (TPSA) is 24.9 Å². The molecule has 0 radical (unpaired) electrons. The quantitative estimate of drug-likeness (QED) is 0.312. The summed E-state index contributed by atoms with van der Waals surface area (Å²) in [4.78, 5) is 4.78. The lowest BCUT2D eigenvalue weighted by Crippen LogP contribution is -2.00. The number of pyridine rings is 1. The highest BCUT2D eigenvalue weighted by Gasteiger charge is 2.03. The van der Waals surface area contributed by atoms with E-state index in [4.69, 9.17) is 4.98 Å². The zero-order chi connectivity index (χ0) is 22.8. The minimum absolute atomic E-state index is 0.